The lowest BCUT2D eigenvalue weighted by Crippen LogP contribution is -2.54. The largest absolute Gasteiger partial charge is 0.313 e. The van der Waals surface area contributed by atoms with E-state index in [-0.39, 0.29) is 5.54 Å². The van der Waals surface area contributed by atoms with Crippen LogP contribution in [0.4, 0.5) is 0 Å². The summed E-state index contributed by atoms with van der Waals surface area (Å²) in [5.41, 5.74) is 2.79. The Morgan fingerprint density at radius 3 is 2.43 bits per heavy atom. The summed E-state index contributed by atoms with van der Waals surface area (Å²) in [5.74, 6) is 0. The van der Waals surface area contributed by atoms with E-state index in [4.69, 9.17) is 0 Å². The number of aryl methyl sites for hydroxylation is 1. The Labute approximate surface area is 85.7 Å². The molecule has 1 unspecified atom stereocenters. The van der Waals surface area contributed by atoms with E-state index in [1.165, 1.54) is 11.1 Å². The number of piperazine rings is 1. The molecule has 2 N–H and O–H groups in total. The van der Waals surface area contributed by atoms with Crippen LogP contribution in [0.25, 0.3) is 0 Å². The molecule has 1 aromatic rings. The Kier molecular flexibility index (Phi) is 2.57. The minimum absolute atomic E-state index is 0.103. The van der Waals surface area contributed by atoms with Gasteiger partial charge >= 0.3 is 0 Å². The zero-order valence-electron chi connectivity index (χ0n) is 8.93. The smallest absolute Gasteiger partial charge is 0.0532 e. The molecule has 2 nitrogen and oxygen atoms in total. The van der Waals surface area contributed by atoms with Gasteiger partial charge in [-0.2, -0.15) is 0 Å². The molecule has 0 aliphatic carbocycles. The van der Waals surface area contributed by atoms with Gasteiger partial charge in [0.05, 0.1) is 5.54 Å². The molecule has 0 spiro atoms. The quantitative estimate of drug-likeness (QED) is 0.699. The summed E-state index contributed by atoms with van der Waals surface area (Å²) in [6, 6.07) is 8.79. The average Bonchev–Trinajstić information content (AvgIpc) is 2.19. The highest BCUT2D eigenvalue weighted by molar-refractivity contribution is 5.28. The minimum Gasteiger partial charge on any atom is -0.313 e. The fourth-order valence-corrected chi connectivity index (χ4v) is 1.95. The Balaban J connectivity index is 2.23. The first kappa shape index (κ1) is 9.69. The SMILES string of the molecule is Cc1ccc(C2(C)CNCCN2)cc1. The maximum atomic E-state index is 3.57. The van der Waals surface area contributed by atoms with Crippen LogP contribution in [0.15, 0.2) is 24.3 Å². The molecule has 2 heteroatoms. The van der Waals surface area contributed by atoms with Crippen LogP contribution in [0.5, 0.6) is 0 Å². The number of nitrogens with one attached hydrogen (secondary N) is 2. The number of hydrogen-bond donors (Lipinski definition) is 2. The van der Waals surface area contributed by atoms with Gasteiger partial charge in [0.1, 0.15) is 0 Å². The van der Waals surface area contributed by atoms with E-state index in [2.05, 4.69) is 48.7 Å². The van der Waals surface area contributed by atoms with Gasteiger partial charge < -0.3 is 10.6 Å². The third-order valence-electron chi connectivity index (χ3n) is 2.98. The topological polar surface area (TPSA) is 24.1 Å². The molecular formula is C12H18N2. The van der Waals surface area contributed by atoms with Crippen molar-refractivity contribution < 1.29 is 0 Å². The van der Waals surface area contributed by atoms with Crippen LogP contribution in [-0.2, 0) is 5.54 Å². The second kappa shape index (κ2) is 3.71. The summed E-state index contributed by atoms with van der Waals surface area (Å²) >= 11 is 0. The second-order valence-corrected chi connectivity index (χ2v) is 4.30. The highest BCUT2D eigenvalue weighted by atomic mass is 15.1. The van der Waals surface area contributed by atoms with Crippen LogP contribution >= 0.6 is 0 Å². The lowest BCUT2D eigenvalue weighted by atomic mass is 9.90. The van der Waals surface area contributed by atoms with Crippen molar-refractivity contribution in [2.75, 3.05) is 19.6 Å². The summed E-state index contributed by atoms with van der Waals surface area (Å²) < 4.78 is 0. The highest BCUT2D eigenvalue weighted by Gasteiger charge is 2.27. The van der Waals surface area contributed by atoms with Crippen LogP contribution in [-0.4, -0.2) is 19.6 Å². The molecule has 0 aromatic heterocycles. The molecule has 0 bridgehead atoms. The third-order valence-corrected chi connectivity index (χ3v) is 2.98. The summed E-state index contributed by atoms with van der Waals surface area (Å²) in [6.07, 6.45) is 0. The molecule has 1 heterocycles. The van der Waals surface area contributed by atoms with Crippen molar-refractivity contribution in [3.05, 3.63) is 35.4 Å². The molecular weight excluding hydrogens is 172 g/mol. The lowest BCUT2D eigenvalue weighted by Gasteiger charge is -2.36. The van der Waals surface area contributed by atoms with Crippen molar-refractivity contribution in [3.8, 4) is 0 Å². The summed E-state index contributed by atoms with van der Waals surface area (Å²) in [4.78, 5) is 0. The third kappa shape index (κ3) is 1.81. The predicted octanol–water partition coefficient (Wildman–Crippen LogP) is 1.40. The van der Waals surface area contributed by atoms with Crippen molar-refractivity contribution >= 4 is 0 Å². The number of rotatable bonds is 1. The molecule has 1 fully saturated rings. The van der Waals surface area contributed by atoms with Crippen LogP contribution in [0.3, 0.4) is 0 Å². The lowest BCUT2D eigenvalue weighted by molar-refractivity contribution is 0.303. The van der Waals surface area contributed by atoms with Crippen molar-refractivity contribution in [1.82, 2.24) is 10.6 Å². The minimum atomic E-state index is 0.103. The van der Waals surface area contributed by atoms with E-state index in [1.807, 2.05) is 0 Å². The van der Waals surface area contributed by atoms with Gasteiger partial charge in [-0.25, -0.2) is 0 Å². The van der Waals surface area contributed by atoms with Gasteiger partial charge in [-0.15, -0.1) is 0 Å². The van der Waals surface area contributed by atoms with Gasteiger partial charge in [0.15, 0.2) is 0 Å². The van der Waals surface area contributed by atoms with Crippen molar-refractivity contribution in [2.45, 2.75) is 19.4 Å². The molecule has 0 radical (unpaired) electrons. The van der Waals surface area contributed by atoms with Crippen molar-refractivity contribution in [3.63, 3.8) is 0 Å². The van der Waals surface area contributed by atoms with Gasteiger partial charge in [-0.3, -0.25) is 0 Å². The van der Waals surface area contributed by atoms with E-state index < -0.39 is 0 Å². The van der Waals surface area contributed by atoms with Gasteiger partial charge in [0.25, 0.3) is 0 Å². The number of hydrogen-bond acceptors (Lipinski definition) is 2. The van der Waals surface area contributed by atoms with E-state index in [0.717, 1.165) is 19.6 Å². The Bertz CT molecular complexity index is 297. The molecule has 1 aliphatic rings. The van der Waals surface area contributed by atoms with Gasteiger partial charge in [0, 0.05) is 19.6 Å². The fraction of sp³-hybridized carbons (Fsp3) is 0.500. The van der Waals surface area contributed by atoms with Gasteiger partial charge in [-0.05, 0) is 19.4 Å². The van der Waals surface area contributed by atoms with E-state index in [1.54, 1.807) is 0 Å². The zero-order chi connectivity index (χ0) is 10.0. The molecule has 14 heavy (non-hydrogen) atoms. The summed E-state index contributed by atoms with van der Waals surface area (Å²) in [7, 11) is 0. The second-order valence-electron chi connectivity index (χ2n) is 4.30. The normalized spacial score (nSPS) is 27.6. The Hall–Kier alpha value is -0.860. The molecule has 1 atom stereocenters. The monoisotopic (exact) mass is 190 g/mol. The molecule has 76 valence electrons. The van der Waals surface area contributed by atoms with Crippen molar-refractivity contribution in [1.29, 1.82) is 0 Å². The first-order valence-corrected chi connectivity index (χ1v) is 5.24. The van der Waals surface area contributed by atoms with E-state index in [9.17, 15) is 0 Å². The molecule has 1 aromatic carbocycles. The van der Waals surface area contributed by atoms with Crippen LogP contribution in [0.1, 0.15) is 18.1 Å². The van der Waals surface area contributed by atoms with Crippen LogP contribution in [0, 0.1) is 6.92 Å². The number of benzene rings is 1. The first-order chi connectivity index (χ1) is 6.71. The molecule has 1 aliphatic heterocycles. The molecule has 1 saturated heterocycles. The summed E-state index contributed by atoms with van der Waals surface area (Å²) in [5, 5.41) is 6.99. The van der Waals surface area contributed by atoms with E-state index in [0.29, 0.717) is 0 Å². The maximum Gasteiger partial charge on any atom is 0.0532 e. The maximum absolute atomic E-state index is 3.57. The molecule has 2 rings (SSSR count). The van der Waals surface area contributed by atoms with E-state index >= 15 is 0 Å². The zero-order valence-corrected chi connectivity index (χ0v) is 8.93. The Morgan fingerprint density at radius 1 is 1.14 bits per heavy atom. The standard InChI is InChI=1S/C12H18N2/c1-10-3-5-11(6-4-10)12(2)9-13-7-8-14-12/h3-6,13-14H,7-9H2,1-2H3. The van der Waals surface area contributed by atoms with Gasteiger partial charge in [0.2, 0.25) is 0 Å². The van der Waals surface area contributed by atoms with Gasteiger partial charge in [-0.1, -0.05) is 29.8 Å². The first-order valence-electron chi connectivity index (χ1n) is 5.24. The van der Waals surface area contributed by atoms with Crippen molar-refractivity contribution in [2.24, 2.45) is 0 Å². The predicted molar refractivity (Wildman–Crippen MR) is 59.4 cm³/mol. The average molecular weight is 190 g/mol. The highest BCUT2D eigenvalue weighted by Crippen LogP contribution is 2.21. The molecule has 0 saturated carbocycles. The Morgan fingerprint density at radius 2 is 1.86 bits per heavy atom. The molecule has 0 amide bonds. The van der Waals surface area contributed by atoms with Crippen LogP contribution < -0.4 is 10.6 Å². The summed E-state index contributed by atoms with van der Waals surface area (Å²) in [6.45, 7) is 7.50. The fourth-order valence-electron chi connectivity index (χ4n) is 1.95. The van der Waals surface area contributed by atoms with Crippen LogP contribution in [0.2, 0.25) is 0 Å².